The third kappa shape index (κ3) is 3.55. The van der Waals surface area contributed by atoms with Gasteiger partial charge in [0.1, 0.15) is 0 Å². The molecule has 0 aliphatic carbocycles. The molecule has 0 aliphatic rings. The monoisotopic (exact) mass is 320 g/mol. The lowest BCUT2D eigenvalue weighted by molar-refractivity contribution is -0.385. The van der Waals surface area contributed by atoms with Crippen LogP contribution in [0, 0.1) is 10.1 Å². The van der Waals surface area contributed by atoms with Crippen LogP contribution in [-0.4, -0.2) is 27.1 Å². The van der Waals surface area contributed by atoms with Crippen LogP contribution in [0.2, 0.25) is 5.02 Å². The van der Waals surface area contributed by atoms with Crippen molar-refractivity contribution in [3.63, 3.8) is 0 Å². The number of nitro benzene ring substituents is 1. The van der Waals surface area contributed by atoms with E-state index in [0.717, 1.165) is 12.3 Å². The predicted molar refractivity (Wildman–Crippen MR) is 79.1 cm³/mol. The second kappa shape index (κ2) is 6.64. The van der Waals surface area contributed by atoms with Crippen molar-refractivity contribution in [2.24, 2.45) is 5.10 Å². The Balaban J connectivity index is 2.17. The molecule has 0 fully saturated rings. The summed E-state index contributed by atoms with van der Waals surface area (Å²) in [5.74, 6) is -1.08. The quantitative estimate of drug-likeness (QED) is 0.508. The first-order chi connectivity index (χ1) is 10.5. The number of carbonyl (C=O) groups excluding carboxylic acids is 1. The minimum absolute atomic E-state index is 0.00854. The molecular formula is C13H9ClN4O4. The molecule has 2 N–H and O–H groups in total. The van der Waals surface area contributed by atoms with E-state index in [4.69, 9.17) is 11.6 Å². The van der Waals surface area contributed by atoms with Gasteiger partial charge in [-0.25, -0.2) is 5.43 Å². The van der Waals surface area contributed by atoms with Crippen LogP contribution >= 0.6 is 11.6 Å². The number of hydrogen-bond donors (Lipinski definition) is 2. The van der Waals surface area contributed by atoms with Crippen molar-refractivity contribution in [2.75, 3.05) is 0 Å². The van der Waals surface area contributed by atoms with E-state index in [1.807, 2.05) is 0 Å². The van der Waals surface area contributed by atoms with E-state index in [2.05, 4.69) is 15.5 Å². The smallest absolute Gasteiger partial charge is 0.312 e. The summed E-state index contributed by atoms with van der Waals surface area (Å²) in [7, 11) is 0. The van der Waals surface area contributed by atoms with Gasteiger partial charge < -0.3 is 5.11 Å². The van der Waals surface area contributed by atoms with E-state index >= 15 is 0 Å². The van der Waals surface area contributed by atoms with Crippen molar-refractivity contribution < 1.29 is 14.8 Å². The molecule has 0 aliphatic heterocycles. The molecule has 8 nitrogen and oxygen atoms in total. The molecule has 2 rings (SSSR count). The van der Waals surface area contributed by atoms with Gasteiger partial charge in [-0.2, -0.15) is 5.10 Å². The van der Waals surface area contributed by atoms with Crippen LogP contribution in [0.5, 0.6) is 5.75 Å². The third-order valence-corrected chi connectivity index (χ3v) is 2.81. The predicted octanol–water partition coefficient (Wildman–Crippen LogP) is 2.11. The molecule has 1 amide bonds. The lowest BCUT2D eigenvalue weighted by atomic mass is 10.2. The van der Waals surface area contributed by atoms with E-state index in [-0.39, 0.29) is 10.6 Å². The number of nitro groups is 1. The zero-order chi connectivity index (χ0) is 16.1. The van der Waals surface area contributed by atoms with Gasteiger partial charge in [0.2, 0.25) is 5.75 Å². The van der Waals surface area contributed by atoms with Gasteiger partial charge >= 0.3 is 5.69 Å². The Morgan fingerprint density at radius 2 is 2.09 bits per heavy atom. The highest BCUT2D eigenvalue weighted by atomic mass is 35.5. The molecule has 1 aromatic heterocycles. The van der Waals surface area contributed by atoms with Crippen molar-refractivity contribution in [2.45, 2.75) is 0 Å². The molecule has 0 spiro atoms. The number of amides is 1. The Morgan fingerprint density at radius 3 is 2.73 bits per heavy atom. The van der Waals surface area contributed by atoms with Crippen LogP contribution in [0.25, 0.3) is 0 Å². The average Bonchev–Trinajstić information content (AvgIpc) is 2.50. The summed E-state index contributed by atoms with van der Waals surface area (Å²) < 4.78 is 0. The number of rotatable bonds is 4. The Bertz CT molecular complexity index is 749. The minimum Gasteiger partial charge on any atom is -0.502 e. The Morgan fingerprint density at radius 1 is 1.41 bits per heavy atom. The minimum atomic E-state index is -0.770. The van der Waals surface area contributed by atoms with Crippen molar-refractivity contribution >= 4 is 29.4 Å². The van der Waals surface area contributed by atoms with Crippen LogP contribution < -0.4 is 5.43 Å². The zero-order valence-electron chi connectivity index (χ0n) is 10.9. The lowest BCUT2D eigenvalue weighted by Gasteiger charge is -2.02. The Labute approximate surface area is 129 Å². The number of phenols is 1. The molecule has 0 radical (unpaired) electrons. The molecule has 0 unspecified atom stereocenters. The van der Waals surface area contributed by atoms with Crippen LogP contribution in [-0.2, 0) is 0 Å². The van der Waals surface area contributed by atoms with E-state index in [0.29, 0.717) is 5.56 Å². The molecular weight excluding hydrogens is 312 g/mol. The number of carbonyl (C=O) groups is 1. The molecule has 0 bridgehead atoms. The topological polar surface area (TPSA) is 118 Å². The number of nitrogens with zero attached hydrogens (tertiary/aromatic N) is 3. The first-order valence-electron chi connectivity index (χ1n) is 5.89. The molecule has 112 valence electrons. The van der Waals surface area contributed by atoms with Crippen molar-refractivity contribution in [3.05, 3.63) is 62.9 Å². The van der Waals surface area contributed by atoms with Gasteiger partial charge in [-0.05, 0) is 18.2 Å². The maximum Gasteiger partial charge on any atom is 0.312 e. The van der Waals surface area contributed by atoms with E-state index in [1.54, 1.807) is 0 Å². The normalized spacial score (nSPS) is 10.6. The van der Waals surface area contributed by atoms with Crippen molar-refractivity contribution in [3.8, 4) is 5.75 Å². The number of nitrogens with one attached hydrogen (secondary N) is 1. The zero-order valence-corrected chi connectivity index (χ0v) is 11.7. The standard InChI is InChI=1S/C13H9ClN4O4/c14-10-5-9(12(19)11(6-10)18(21)22)7-16-17-13(20)8-1-3-15-4-2-8/h1-7,19H,(H,17,20)/b16-7-. The fraction of sp³-hybridized carbons (Fsp3) is 0. The first kappa shape index (κ1) is 15.4. The van der Waals surface area contributed by atoms with Crippen molar-refractivity contribution in [1.82, 2.24) is 10.4 Å². The molecule has 22 heavy (non-hydrogen) atoms. The van der Waals surface area contributed by atoms with Gasteiger partial charge in [-0.3, -0.25) is 19.9 Å². The van der Waals surface area contributed by atoms with Crippen LogP contribution in [0.3, 0.4) is 0 Å². The molecule has 1 heterocycles. The van der Waals surface area contributed by atoms with Gasteiger partial charge in [-0.15, -0.1) is 0 Å². The first-order valence-corrected chi connectivity index (χ1v) is 6.27. The number of hydrazone groups is 1. The Kier molecular flexibility index (Phi) is 4.64. The van der Waals surface area contributed by atoms with Gasteiger partial charge in [0.15, 0.2) is 0 Å². The summed E-state index contributed by atoms with van der Waals surface area (Å²) in [6, 6.07) is 5.29. The summed E-state index contributed by atoms with van der Waals surface area (Å²) in [6.07, 6.45) is 3.96. The summed E-state index contributed by atoms with van der Waals surface area (Å²) >= 11 is 5.73. The average molecular weight is 321 g/mol. The van der Waals surface area contributed by atoms with Gasteiger partial charge in [0.25, 0.3) is 5.91 Å². The Hall–Kier alpha value is -3.00. The number of pyridine rings is 1. The van der Waals surface area contributed by atoms with Crippen LogP contribution in [0.15, 0.2) is 41.8 Å². The highest BCUT2D eigenvalue weighted by molar-refractivity contribution is 6.31. The van der Waals surface area contributed by atoms with Gasteiger partial charge in [0, 0.05) is 34.6 Å². The molecule has 0 saturated heterocycles. The van der Waals surface area contributed by atoms with Gasteiger partial charge in [0.05, 0.1) is 11.1 Å². The largest absolute Gasteiger partial charge is 0.502 e. The fourth-order valence-corrected chi connectivity index (χ4v) is 1.79. The molecule has 9 heteroatoms. The molecule has 0 saturated carbocycles. The van der Waals surface area contributed by atoms with E-state index < -0.39 is 22.3 Å². The second-order valence-electron chi connectivity index (χ2n) is 4.05. The van der Waals surface area contributed by atoms with Crippen molar-refractivity contribution in [1.29, 1.82) is 0 Å². The third-order valence-electron chi connectivity index (χ3n) is 2.59. The number of benzene rings is 1. The number of hydrogen-bond acceptors (Lipinski definition) is 6. The van der Waals surface area contributed by atoms with E-state index in [9.17, 15) is 20.0 Å². The number of halogens is 1. The maximum atomic E-state index is 11.7. The fourth-order valence-electron chi connectivity index (χ4n) is 1.57. The summed E-state index contributed by atoms with van der Waals surface area (Å²) in [6.45, 7) is 0. The molecule has 0 atom stereocenters. The van der Waals surface area contributed by atoms with Gasteiger partial charge in [-0.1, -0.05) is 11.6 Å². The molecule has 1 aromatic carbocycles. The second-order valence-corrected chi connectivity index (χ2v) is 4.49. The van der Waals surface area contributed by atoms with Crippen LogP contribution in [0.1, 0.15) is 15.9 Å². The summed E-state index contributed by atoms with van der Waals surface area (Å²) in [5.41, 5.74) is 2.02. The SMILES string of the molecule is O=C(N/N=C\c1cc(Cl)cc([N+](=O)[O-])c1O)c1ccncc1. The number of phenolic OH excluding ortho intramolecular Hbond substituents is 1. The maximum absolute atomic E-state index is 11.7. The molecule has 2 aromatic rings. The lowest BCUT2D eigenvalue weighted by Crippen LogP contribution is -2.17. The number of aromatic hydroxyl groups is 1. The highest BCUT2D eigenvalue weighted by Crippen LogP contribution is 2.32. The van der Waals surface area contributed by atoms with E-state index in [1.165, 1.54) is 30.6 Å². The van der Waals surface area contributed by atoms with Crippen LogP contribution in [0.4, 0.5) is 5.69 Å². The number of aromatic nitrogens is 1. The summed E-state index contributed by atoms with van der Waals surface area (Å²) in [5, 5.41) is 24.2. The summed E-state index contributed by atoms with van der Waals surface area (Å²) in [4.78, 5) is 25.5. The highest BCUT2D eigenvalue weighted by Gasteiger charge is 2.17.